The van der Waals surface area contributed by atoms with Crippen molar-refractivity contribution in [2.45, 2.75) is 39.0 Å². The van der Waals surface area contributed by atoms with E-state index in [2.05, 4.69) is 0 Å². The van der Waals surface area contributed by atoms with E-state index in [9.17, 15) is 12.8 Å². The Hall–Kier alpha value is -0.690. The second-order valence-electron chi connectivity index (χ2n) is 5.79. The summed E-state index contributed by atoms with van der Waals surface area (Å²) in [5, 5.41) is 0.0335. The van der Waals surface area contributed by atoms with Crippen molar-refractivity contribution in [2.75, 3.05) is 12.8 Å². The van der Waals surface area contributed by atoms with Gasteiger partial charge in [-0.05, 0) is 38.5 Å². The van der Waals surface area contributed by atoms with Crippen LogP contribution in [0.2, 0.25) is 5.02 Å². The van der Waals surface area contributed by atoms with Crippen LogP contribution in [0.15, 0.2) is 12.1 Å². The number of nitrogens with zero attached hydrogens (tertiary/aromatic N) is 1. The van der Waals surface area contributed by atoms with Gasteiger partial charge in [-0.1, -0.05) is 11.6 Å². The lowest BCUT2D eigenvalue weighted by molar-refractivity contribution is -0.124. The Morgan fingerprint density at radius 3 is 2.67 bits per heavy atom. The predicted octanol–water partition coefficient (Wildman–Crippen LogP) is 3.11. The molecule has 1 aliphatic heterocycles. The molecule has 0 fully saturated rings. The normalized spacial score (nSPS) is 21.4. The van der Waals surface area contributed by atoms with E-state index in [-0.39, 0.29) is 10.8 Å². The molecule has 1 unspecified atom stereocenters. The molecule has 0 aromatic heterocycles. The largest absolute Gasteiger partial charge is 0.352 e. The first kappa shape index (κ1) is 16.7. The molecule has 0 saturated carbocycles. The van der Waals surface area contributed by atoms with Crippen LogP contribution in [-0.2, 0) is 21.2 Å². The summed E-state index contributed by atoms with van der Waals surface area (Å²) in [5.74, 6) is -0.624. The standard InChI is InChI=1S/C14H19ClFNO3S/c1-5-21(18,19)17(4)13-10-7-12(16)11(15)6-9(10)8-14(2,3)20-13/h6-7,13H,5,8H2,1-4H3. The predicted molar refractivity (Wildman–Crippen MR) is 80.2 cm³/mol. The van der Waals surface area contributed by atoms with E-state index in [0.29, 0.717) is 12.0 Å². The highest BCUT2D eigenvalue weighted by atomic mass is 35.5. The highest BCUT2D eigenvalue weighted by molar-refractivity contribution is 7.89. The maximum absolute atomic E-state index is 13.8. The summed E-state index contributed by atoms with van der Waals surface area (Å²) in [5.41, 5.74) is 0.757. The van der Waals surface area contributed by atoms with Gasteiger partial charge in [-0.2, -0.15) is 4.31 Å². The molecule has 1 aromatic rings. The Morgan fingerprint density at radius 2 is 2.10 bits per heavy atom. The van der Waals surface area contributed by atoms with Crippen molar-refractivity contribution in [3.8, 4) is 0 Å². The lowest BCUT2D eigenvalue weighted by Crippen LogP contribution is -2.43. The van der Waals surface area contributed by atoms with E-state index in [1.54, 1.807) is 13.0 Å². The van der Waals surface area contributed by atoms with Gasteiger partial charge in [0.1, 0.15) is 12.0 Å². The number of halogens is 2. The number of rotatable bonds is 3. The topological polar surface area (TPSA) is 46.6 Å². The third kappa shape index (κ3) is 3.23. The molecule has 4 nitrogen and oxygen atoms in total. The molecule has 0 spiro atoms. The fourth-order valence-electron chi connectivity index (χ4n) is 2.47. The van der Waals surface area contributed by atoms with Crippen LogP contribution in [0.1, 0.15) is 38.1 Å². The molecule has 0 bridgehead atoms. The number of ether oxygens (including phenoxy) is 1. The third-order valence-corrected chi connectivity index (χ3v) is 5.72. The molecule has 0 aliphatic carbocycles. The van der Waals surface area contributed by atoms with E-state index in [1.807, 2.05) is 13.8 Å². The minimum Gasteiger partial charge on any atom is -0.352 e. The van der Waals surface area contributed by atoms with Gasteiger partial charge < -0.3 is 4.74 Å². The summed E-state index contributed by atoms with van der Waals surface area (Å²) >= 11 is 5.84. The average Bonchev–Trinajstić information content (AvgIpc) is 2.38. The molecule has 1 aromatic carbocycles. The minimum atomic E-state index is -3.46. The first-order valence-electron chi connectivity index (χ1n) is 6.69. The Kier molecular flexibility index (Phi) is 4.37. The van der Waals surface area contributed by atoms with Crippen LogP contribution < -0.4 is 0 Å². The number of sulfonamides is 1. The van der Waals surface area contributed by atoms with E-state index in [1.165, 1.54) is 13.1 Å². The SMILES string of the molecule is CCS(=O)(=O)N(C)C1OC(C)(C)Cc2cc(Cl)c(F)cc21. The first-order chi connectivity index (χ1) is 9.57. The van der Waals surface area contributed by atoms with Crippen molar-refractivity contribution < 1.29 is 17.5 Å². The van der Waals surface area contributed by atoms with Gasteiger partial charge in [-0.25, -0.2) is 12.8 Å². The highest BCUT2D eigenvalue weighted by Crippen LogP contribution is 2.39. The lowest BCUT2D eigenvalue weighted by Gasteiger charge is -2.41. The maximum atomic E-state index is 13.8. The van der Waals surface area contributed by atoms with E-state index in [0.717, 1.165) is 9.87 Å². The van der Waals surface area contributed by atoms with Crippen LogP contribution in [0.25, 0.3) is 0 Å². The zero-order valence-corrected chi connectivity index (χ0v) is 14.1. The molecule has 1 atom stereocenters. The summed E-state index contributed by atoms with van der Waals surface area (Å²) < 4.78 is 45.0. The summed E-state index contributed by atoms with van der Waals surface area (Å²) in [4.78, 5) is 0. The Labute approximate surface area is 129 Å². The van der Waals surface area contributed by atoms with Crippen LogP contribution in [0.4, 0.5) is 4.39 Å². The van der Waals surface area contributed by atoms with E-state index < -0.39 is 27.7 Å². The van der Waals surface area contributed by atoms with Gasteiger partial charge in [0.2, 0.25) is 10.0 Å². The van der Waals surface area contributed by atoms with Crippen molar-refractivity contribution in [3.63, 3.8) is 0 Å². The van der Waals surface area contributed by atoms with Crippen molar-refractivity contribution in [3.05, 3.63) is 34.1 Å². The van der Waals surface area contributed by atoms with Gasteiger partial charge in [-0.15, -0.1) is 0 Å². The van der Waals surface area contributed by atoms with E-state index >= 15 is 0 Å². The number of hydrogen-bond donors (Lipinski definition) is 0. The smallest absolute Gasteiger partial charge is 0.216 e. The van der Waals surface area contributed by atoms with Gasteiger partial charge in [0.05, 0.1) is 16.4 Å². The molecule has 0 N–H and O–H groups in total. The number of benzene rings is 1. The van der Waals surface area contributed by atoms with Crippen molar-refractivity contribution in [2.24, 2.45) is 0 Å². The fraction of sp³-hybridized carbons (Fsp3) is 0.571. The first-order valence-corrected chi connectivity index (χ1v) is 8.67. The van der Waals surface area contributed by atoms with Crippen LogP contribution >= 0.6 is 11.6 Å². The van der Waals surface area contributed by atoms with Crippen molar-refractivity contribution >= 4 is 21.6 Å². The number of hydrogen-bond acceptors (Lipinski definition) is 3. The summed E-state index contributed by atoms with van der Waals surface area (Å²) in [6, 6.07) is 2.81. The summed E-state index contributed by atoms with van der Waals surface area (Å²) in [6.45, 7) is 5.29. The summed E-state index contributed by atoms with van der Waals surface area (Å²) in [6.07, 6.45) is -0.306. The van der Waals surface area contributed by atoms with E-state index in [4.69, 9.17) is 16.3 Å². The van der Waals surface area contributed by atoms with Crippen LogP contribution in [-0.4, -0.2) is 31.1 Å². The molecule has 1 heterocycles. The molecule has 0 radical (unpaired) electrons. The zero-order valence-electron chi connectivity index (χ0n) is 12.5. The Balaban J connectivity index is 2.56. The fourth-order valence-corrected chi connectivity index (χ4v) is 3.51. The second kappa shape index (κ2) is 5.50. The molecular weight excluding hydrogens is 317 g/mol. The Bertz CT molecular complexity index is 660. The van der Waals surface area contributed by atoms with Gasteiger partial charge in [0.15, 0.2) is 0 Å². The van der Waals surface area contributed by atoms with Crippen LogP contribution in [0.3, 0.4) is 0 Å². The summed E-state index contributed by atoms with van der Waals surface area (Å²) in [7, 11) is -2.02. The highest BCUT2D eigenvalue weighted by Gasteiger charge is 2.38. The maximum Gasteiger partial charge on any atom is 0.216 e. The lowest BCUT2D eigenvalue weighted by atomic mass is 9.90. The number of fused-ring (bicyclic) bond motifs is 1. The van der Waals surface area contributed by atoms with Gasteiger partial charge in [0.25, 0.3) is 0 Å². The molecule has 118 valence electrons. The molecule has 1 aliphatic rings. The van der Waals surface area contributed by atoms with Crippen molar-refractivity contribution in [1.82, 2.24) is 4.31 Å². The molecule has 2 rings (SSSR count). The van der Waals surface area contributed by atoms with Gasteiger partial charge >= 0.3 is 0 Å². The van der Waals surface area contributed by atoms with Crippen LogP contribution in [0.5, 0.6) is 0 Å². The third-order valence-electron chi connectivity index (χ3n) is 3.63. The second-order valence-corrected chi connectivity index (χ2v) is 8.51. The molecule has 0 amide bonds. The average molecular weight is 336 g/mol. The molecule has 7 heteroatoms. The van der Waals surface area contributed by atoms with Gasteiger partial charge in [0, 0.05) is 19.0 Å². The molecule has 21 heavy (non-hydrogen) atoms. The van der Waals surface area contributed by atoms with Crippen molar-refractivity contribution in [1.29, 1.82) is 0 Å². The monoisotopic (exact) mass is 335 g/mol. The zero-order chi connectivity index (χ0) is 16.0. The van der Waals surface area contributed by atoms with Gasteiger partial charge in [-0.3, -0.25) is 0 Å². The molecule has 0 saturated heterocycles. The van der Waals surface area contributed by atoms with Crippen LogP contribution in [0, 0.1) is 5.82 Å². The minimum absolute atomic E-state index is 0.0335. The molecular formula is C14H19ClFNO3S. The quantitative estimate of drug-likeness (QED) is 0.852. The Morgan fingerprint density at radius 1 is 1.48 bits per heavy atom.